The molecule has 5 rings (SSSR count). The molecule has 162 valence electrons. The Morgan fingerprint density at radius 1 is 1.19 bits per heavy atom. The quantitative estimate of drug-likeness (QED) is 0.772. The Morgan fingerprint density at radius 2 is 2.10 bits per heavy atom. The van der Waals surface area contributed by atoms with Gasteiger partial charge in [0.25, 0.3) is 0 Å². The first-order valence-corrected chi connectivity index (χ1v) is 10.6. The van der Waals surface area contributed by atoms with Gasteiger partial charge in [0.15, 0.2) is 11.5 Å². The summed E-state index contributed by atoms with van der Waals surface area (Å²) in [6.07, 6.45) is 11.6. The minimum atomic E-state index is -0.270. The normalized spacial score (nSPS) is 23.7. The second kappa shape index (κ2) is 8.71. The summed E-state index contributed by atoms with van der Waals surface area (Å²) in [6, 6.07) is 5.14. The number of carbonyl (C=O) groups excluding carboxylic acids is 1. The lowest BCUT2D eigenvalue weighted by molar-refractivity contribution is 0.0730. The van der Waals surface area contributed by atoms with Crippen LogP contribution in [-0.2, 0) is 11.3 Å². The molecule has 3 aliphatic heterocycles. The summed E-state index contributed by atoms with van der Waals surface area (Å²) in [6.45, 7) is 2.44. The van der Waals surface area contributed by atoms with Crippen LogP contribution in [0, 0.1) is 0 Å². The molecule has 1 saturated heterocycles. The zero-order valence-corrected chi connectivity index (χ0v) is 17.1. The van der Waals surface area contributed by atoms with Crippen molar-refractivity contribution in [1.82, 2.24) is 19.8 Å². The molecule has 0 spiro atoms. The molecule has 0 radical (unpaired) electrons. The first-order chi connectivity index (χ1) is 15.3. The van der Waals surface area contributed by atoms with Crippen molar-refractivity contribution >= 4 is 17.6 Å². The van der Waals surface area contributed by atoms with E-state index in [-0.39, 0.29) is 18.2 Å². The van der Waals surface area contributed by atoms with Crippen molar-refractivity contribution < 1.29 is 19.0 Å². The van der Waals surface area contributed by atoms with Crippen molar-refractivity contribution in [2.24, 2.45) is 4.99 Å². The number of nitrogens with one attached hydrogen (secondary N) is 1. The van der Waals surface area contributed by atoms with Crippen LogP contribution in [0.1, 0.15) is 19.3 Å². The molecule has 1 fully saturated rings. The van der Waals surface area contributed by atoms with Gasteiger partial charge in [0, 0.05) is 31.5 Å². The van der Waals surface area contributed by atoms with E-state index in [9.17, 15) is 4.79 Å². The number of carbonyl (C=O) groups is 1. The maximum absolute atomic E-state index is 12.8. The molecule has 9 heteroatoms. The smallest absolute Gasteiger partial charge is 0.323 e. The van der Waals surface area contributed by atoms with Crippen molar-refractivity contribution in [3.05, 3.63) is 49.3 Å². The minimum Gasteiger partial charge on any atom is -0.496 e. The van der Waals surface area contributed by atoms with Gasteiger partial charge in [-0.25, -0.2) is 14.8 Å². The van der Waals surface area contributed by atoms with Crippen LogP contribution >= 0.6 is 0 Å². The summed E-state index contributed by atoms with van der Waals surface area (Å²) in [7, 11) is 0. The second-order valence-corrected chi connectivity index (χ2v) is 7.67. The third-order valence-electron chi connectivity index (χ3n) is 5.58. The van der Waals surface area contributed by atoms with Crippen molar-refractivity contribution in [3.8, 4) is 11.5 Å². The standard InChI is InChI=1S/C22H25N5O4/c28-22-25-21(24-16-5-6-17-19(14-16)31-13-12-30-17)20(18-4-1-2-11-29-18)27(22)9-3-8-26-10-7-23-15-26/h2,5-7,10-11,14-15,18,20H,1,3-4,8-9,12-13H2,(H,24,25,28). The summed E-state index contributed by atoms with van der Waals surface area (Å²) in [5.41, 5.74) is 0.705. The molecular formula is C22H25N5O4. The summed E-state index contributed by atoms with van der Waals surface area (Å²) in [5.74, 6) is 1.98. The number of aryl methyl sites for hydroxylation is 1. The van der Waals surface area contributed by atoms with Gasteiger partial charge in [-0.15, -0.1) is 0 Å². The Kier molecular flexibility index (Phi) is 5.47. The van der Waals surface area contributed by atoms with E-state index < -0.39 is 0 Å². The fraction of sp³-hybridized carbons (Fsp3) is 0.409. The molecule has 1 aromatic heterocycles. The van der Waals surface area contributed by atoms with Crippen LogP contribution in [0.4, 0.5) is 10.5 Å². The van der Waals surface area contributed by atoms with E-state index in [2.05, 4.69) is 10.3 Å². The van der Waals surface area contributed by atoms with E-state index in [1.165, 1.54) is 0 Å². The summed E-state index contributed by atoms with van der Waals surface area (Å²) >= 11 is 0. The zero-order chi connectivity index (χ0) is 21.0. The lowest BCUT2D eigenvalue weighted by atomic mass is 10.0. The average Bonchev–Trinajstić information content (AvgIpc) is 3.42. The van der Waals surface area contributed by atoms with Gasteiger partial charge in [0.05, 0.1) is 18.3 Å². The molecule has 0 aliphatic carbocycles. The number of allylic oxidation sites excluding steroid dienone is 1. The van der Waals surface area contributed by atoms with E-state index in [0.29, 0.717) is 42.8 Å². The van der Waals surface area contributed by atoms with Crippen molar-refractivity contribution in [1.29, 1.82) is 0 Å². The summed E-state index contributed by atoms with van der Waals surface area (Å²) < 4.78 is 19.2. The SMILES string of the molecule is O=C1N/C(=N\c2ccc3c(c2)OCCO3)C(C2CCC=CO2)N1CCCn1ccnc1. The molecule has 1 N–H and O–H groups in total. The molecule has 9 nitrogen and oxygen atoms in total. The van der Waals surface area contributed by atoms with Crippen LogP contribution in [0.25, 0.3) is 0 Å². The lowest BCUT2D eigenvalue weighted by Crippen LogP contribution is -2.45. The number of benzene rings is 1. The Hall–Kier alpha value is -3.49. The Labute approximate surface area is 180 Å². The van der Waals surface area contributed by atoms with Crippen LogP contribution in [0.2, 0.25) is 0 Å². The molecule has 0 bridgehead atoms. The van der Waals surface area contributed by atoms with Gasteiger partial charge in [0.1, 0.15) is 31.2 Å². The van der Waals surface area contributed by atoms with Crippen LogP contribution < -0.4 is 14.8 Å². The molecular weight excluding hydrogens is 398 g/mol. The number of amides is 2. The first-order valence-electron chi connectivity index (χ1n) is 10.6. The highest BCUT2D eigenvalue weighted by molar-refractivity contribution is 6.08. The number of aromatic nitrogens is 2. The Balaban J connectivity index is 1.38. The number of hydrogen-bond donors (Lipinski definition) is 1. The van der Waals surface area contributed by atoms with E-state index in [4.69, 9.17) is 19.2 Å². The molecule has 3 aliphatic rings. The second-order valence-electron chi connectivity index (χ2n) is 7.67. The highest BCUT2D eigenvalue weighted by atomic mass is 16.6. The van der Waals surface area contributed by atoms with Gasteiger partial charge in [-0.2, -0.15) is 0 Å². The number of amidine groups is 1. The average molecular weight is 423 g/mol. The summed E-state index contributed by atoms with van der Waals surface area (Å²) in [5, 5.41) is 2.97. The highest BCUT2D eigenvalue weighted by Crippen LogP contribution is 2.34. The van der Waals surface area contributed by atoms with Gasteiger partial charge in [0.2, 0.25) is 0 Å². The molecule has 1 aromatic carbocycles. The molecule has 2 atom stereocenters. The van der Waals surface area contributed by atoms with E-state index >= 15 is 0 Å². The molecule has 4 heterocycles. The van der Waals surface area contributed by atoms with E-state index in [1.807, 2.05) is 39.9 Å². The number of rotatable bonds is 6. The van der Waals surface area contributed by atoms with E-state index in [1.54, 1.807) is 18.8 Å². The maximum Gasteiger partial charge on any atom is 0.323 e. The topological polar surface area (TPSA) is 90.2 Å². The molecule has 2 aromatic rings. The number of aliphatic imine (C=N–C) groups is 1. The van der Waals surface area contributed by atoms with Gasteiger partial charge in [-0.1, -0.05) is 0 Å². The van der Waals surface area contributed by atoms with Crippen LogP contribution in [-0.4, -0.2) is 58.2 Å². The van der Waals surface area contributed by atoms with Gasteiger partial charge >= 0.3 is 6.03 Å². The fourth-order valence-electron chi connectivity index (χ4n) is 4.11. The Bertz CT molecular complexity index is 988. The number of fused-ring (bicyclic) bond motifs is 1. The highest BCUT2D eigenvalue weighted by Gasteiger charge is 2.42. The molecule has 2 amide bonds. The predicted octanol–water partition coefficient (Wildman–Crippen LogP) is 2.86. The van der Waals surface area contributed by atoms with Gasteiger partial charge in [-0.3, -0.25) is 5.32 Å². The van der Waals surface area contributed by atoms with Gasteiger partial charge in [-0.05, 0) is 37.5 Å². The fourth-order valence-corrected chi connectivity index (χ4v) is 4.11. The van der Waals surface area contributed by atoms with Crippen LogP contribution in [0.5, 0.6) is 11.5 Å². The molecule has 31 heavy (non-hydrogen) atoms. The predicted molar refractivity (Wildman–Crippen MR) is 114 cm³/mol. The number of hydrogen-bond acceptors (Lipinski definition) is 6. The molecule has 0 saturated carbocycles. The van der Waals surface area contributed by atoms with Crippen molar-refractivity contribution in [2.45, 2.75) is 38.0 Å². The third kappa shape index (κ3) is 4.21. The monoisotopic (exact) mass is 423 g/mol. The number of urea groups is 1. The third-order valence-corrected chi connectivity index (χ3v) is 5.58. The van der Waals surface area contributed by atoms with E-state index in [0.717, 1.165) is 25.8 Å². The minimum absolute atomic E-state index is 0.145. The number of imidazole rings is 1. The molecule has 2 unspecified atom stereocenters. The number of nitrogens with zero attached hydrogens (tertiary/aromatic N) is 4. The summed E-state index contributed by atoms with van der Waals surface area (Å²) in [4.78, 5) is 23.5. The maximum atomic E-state index is 12.8. The van der Waals surface area contributed by atoms with Gasteiger partial charge < -0.3 is 23.7 Å². The van der Waals surface area contributed by atoms with Crippen molar-refractivity contribution in [2.75, 3.05) is 19.8 Å². The van der Waals surface area contributed by atoms with Crippen LogP contribution in [0.15, 0.2) is 54.3 Å². The van der Waals surface area contributed by atoms with Crippen molar-refractivity contribution in [3.63, 3.8) is 0 Å². The van der Waals surface area contributed by atoms with Crippen LogP contribution in [0.3, 0.4) is 0 Å². The lowest BCUT2D eigenvalue weighted by Gasteiger charge is -2.31. The Morgan fingerprint density at radius 3 is 2.90 bits per heavy atom. The largest absolute Gasteiger partial charge is 0.496 e. The number of ether oxygens (including phenoxy) is 3. The first kappa shape index (κ1) is 19.5. The zero-order valence-electron chi connectivity index (χ0n) is 17.1.